The predicted molar refractivity (Wildman–Crippen MR) is 64.9 cm³/mol. The minimum atomic E-state index is -0.391. The summed E-state index contributed by atoms with van der Waals surface area (Å²) in [6, 6.07) is 1.69. The van der Waals surface area contributed by atoms with Gasteiger partial charge in [-0.15, -0.1) is 0 Å². The summed E-state index contributed by atoms with van der Waals surface area (Å²) in [5.41, 5.74) is 0.329. The number of aromatic nitrogens is 1. The van der Waals surface area contributed by atoms with E-state index in [1.54, 1.807) is 6.07 Å². The monoisotopic (exact) mass is 253 g/mol. The zero-order valence-electron chi connectivity index (χ0n) is 9.66. The molecule has 2 amide bonds. The largest absolute Gasteiger partial charge is 0.317 e. The molecule has 1 aromatic rings. The number of rotatable bonds is 2. The normalized spacial score (nSPS) is 16.8. The highest BCUT2D eigenvalue weighted by Gasteiger charge is 2.23. The molecule has 0 unspecified atom stereocenters. The maximum Gasteiger partial charge on any atom is 0.277 e. The van der Waals surface area contributed by atoms with Gasteiger partial charge < -0.3 is 5.32 Å². The minimum absolute atomic E-state index is 0.0556. The summed E-state index contributed by atoms with van der Waals surface area (Å²) < 4.78 is 3.98. The Balaban J connectivity index is 1.91. The summed E-state index contributed by atoms with van der Waals surface area (Å²) in [5.74, 6) is -0.625. The van der Waals surface area contributed by atoms with Crippen molar-refractivity contribution in [2.45, 2.75) is 19.8 Å². The van der Waals surface area contributed by atoms with E-state index in [2.05, 4.69) is 15.0 Å². The Labute approximate surface area is 104 Å². The number of carbonyl (C=O) groups is 2. The van der Waals surface area contributed by atoms with Gasteiger partial charge >= 0.3 is 0 Å². The molecule has 1 aliphatic rings. The number of carbonyl (C=O) groups excluding carboxylic acids is 2. The maximum absolute atomic E-state index is 11.8. The third kappa shape index (κ3) is 3.10. The Kier molecular flexibility index (Phi) is 3.86. The number of piperidine rings is 1. The molecule has 17 heavy (non-hydrogen) atoms. The molecule has 5 nitrogen and oxygen atoms in total. The zero-order chi connectivity index (χ0) is 12.3. The van der Waals surface area contributed by atoms with Crippen molar-refractivity contribution in [3.63, 3.8) is 0 Å². The minimum Gasteiger partial charge on any atom is -0.317 e. The average Bonchev–Trinajstić information content (AvgIpc) is 2.77. The standard InChI is InChI=1S/C11H15N3O2S/c1-7-6-9(14-17-7)11(16)13-10(15)8-2-4-12-5-3-8/h6,8,12H,2-5H2,1H3,(H,13,15,16). The van der Waals surface area contributed by atoms with Gasteiger partial charge in [-0.25, -0.2) is 0 Å². The molecule has 2 rings (SSSR count). The number of nitrogens with one attached hydrogen (secondary N) is 2. The van der Waals surface area contributed by atoms with Gasteiger partial charge in [0.25, 0.3) is 5.91 Å². The SMILES string of the molecule is Cc1cc(C(=O)NC(=O)C2CCNCC2)ns1. The van der Waals surface area contributed by atoms with Crippen LogP contribution >= 0.6 is 11.5 Å². The van der Waals surface area contributed by atoms with Crippen molar-refractivity contribution in [3.8, 4) is 0 Å². The van der Waals surface area contributed by atoms with Crippen LogP contribution in [0.5, 0.6) is 0 Å². The fourth-order valence-corrected chi connectivity index (χ4v) is 2.38. The fourth-order valence-electron chi connectivity index (χ4n) is 1.84. The molecule has 0 aliphatic carbocycles. The number of aryl methyl sites for hydroxylation is 1. The highest BCUT2D eigenvalue weighted by atomic mass is 32.1. The summed E-state index contributed by atoms with van der Waals surface area (Å²) in [5, 5.41) is 5.60. The summed E-state index contributed by atoms with van der Waals surface area (Å²) in [6.07, 6.45) is 1.57. The molecular weight excluding hydrogens is 238 g/mol. The van der Waals surface area contributed by atoms with Crippen LogP contribution in [0.1, 0.15) is 28.2 Å². The first-order valence-corrected chi connectivity index (χ1v) is 6.43. The van der Waals surface area contributed by atoms with Gasteiger partial charge in [0.2, 0.25) is 5.91 Å². The van der Waals surface area contributed by atoms with Gasteiger partial charge in [-0.1, -0.05) is 0 Å². The van der Waals surface area contributed by atoms with Gasteiger partial charge in [0.15, 0.2) is 0 Å². The predicted octanol–water partition coefficient (Wildman–Crippen LogP) is 0.708. The number of nitrogens with zero attached hydrogens (tertiary/aromatic N) is 1. The van der Waals surface area contributed by atoms with Crippen LogP contribution in [0.3, 0.4) is 0 Å². The van der Waals surface area contributed by atoms with E-state index >= 15 is 0 Å². The molecule has 1 saturated heterocycles. The quantitative estimate of drug-likeness (QED) is 0.761. The summed E-state index contributed by atoms with van der Waals surface area (Å²) >= 11 is 1.26. The van der Waals surface area contributed by atoms with E-state index in [0.29, 0.717) is 5.69 Å². The van der Waals surface area contributed by atoms with Crippen LogP contribution in [-0.4, -0.2) is 29.3 Å². The van der Waals surface area contributed by atoms with Crippen LogP contribution in [-0.2, 0) is 4.79 Å². The van der Waals surface area contributed by atoms with Crippen LogP contribution in [0.25, 0.3) is 0 Å². The van der Waals surface area contributed by atoms with E-state index < -0.39 is 5.91 Å². The molecule has 0 radical (unpaired) electrons. The Morgan fingerprint density at radius 3 is 2.76 bits per heavy atom. The van der Waals surface area contributed by atoms with Crippen LogP contribution in [0.15, 0.2) is 6.07 Å². The molecule has 0 aromatic carbocycles. The van der Waals surface area contributed by atoms with E-state index in [9.17, 15) is 9.59 Å². The first-order chi connectivity index (χ1) is 8.16. The van der Waals surface area contributed by atoms with Crippen LogP contribution in [0.2, 0.25) is 0 Å². The first kappa shape index (κ1) is 12.2. The zero-order valence-corrected chi connectivity index (χ0v) is 10.5. The lowest BCUT2D eigenvalue weighted by molar-refractivity contribution is -0.124. The maximum atomic E-state index is 11.8. The van der Waals surface area contributed by atoms with Crippen molar-refractivity contribution in [2.24, 2.45) is 5.92 Å². The Morgan fingerprint density at radius 1 is 1.47 bits per heavy atom. The highest BCUT2D eigenvalue weighted by molar-refractivity contribution is 7.05. The number of hydrogen-bond donors (Lipinski definition) is 2. The Hall–Kier alpha value is -1.27. The second-order valence-corrected chi connectivity index (χ2v) is 5.17. The van der Waals surface area contributed by atoms with E-state index in [1.165, 1.54) is 11.5 Å². The molecular formula is C11H15N3O2S. The lowest BCUT2D eigenvalue weighted by atomic mass is 9.97. The lowest BCUT2D eigenvalue weighted by Gasteiger charge is -2.20. The second-order valence-electron chi connectivity index (χ2n) is 4.17. The van der Waals surface area contributed by atoms with Crippen molar-refractivity contribution >= 4 is 23.3 Å². The topological polar surface area (TPSA) is 71.1 Å². The molecule has 0 saturated carbocycles. The van der Waals surface area contributed by atoms with Crippen molar-refractivity contribution < 1.29 is 9.59 Å². The van der Waals surface area contributed by atoms with Gasteiger partial charge in [-0.2, -0.15) is 4.37 Å². The van der Waals surface area contributed by atoms with Gasteiger partial charge in [0.1, 0.15) is 5.69 Å². The van der Waals surface area contributed by atoms with Crippen LogP contribution in [0, 0.1) is 12.8 Å². The van der Waals surface area contributed by atoms with Gasteiger partial charge in [0, 0.05) is 10.8 Å². The van der Waals surface area contributed by atoms with Crippen molar-refractivity contribution in [1.29, 1.82) is 0 Å². The van der Waals surface area contributed by atoms with Gasteiger partial charge in [0.05, 0.1) is 0 Å². The molecule has 1 aromatic heterocycles. The second kappa shape index (κ2) is 5.37. The Bertz CT molecular complexity index is 424. The average molecular weight is 253 g/mol. The summed E-state index contributed by atoms with van der Waals surface area (Å²) in [6.45, 7) is 3.55. The van der Waals surface area contributed by atoms with E-state index in [-0.39, 0.29) is 11.8 Å². The summed E-state index contributed by atoms with van der Waals surface area (Å²) in [4.78, 5) is 24.5. The molecule has 2 heterocycles. The summed E-state index contributed by atoms with van der Waals surface area (Å²) in [7, 11) is 0. The third-order valence-corrected chi connectivity index (χ3v) is 3.50. The highest BCUT2D eigenvalue weighted by Crippen LogP contribution is 2.12. The molecule has 0 atom stereocenters. The number of hydrogen-bond acceptors (Lipinski definition) is 5. The van der Waals surface area contributed by atoms with Gasteiger partial charge in [-0.3, -0.25) is 14.9 Å². The van der Waals surface area contributed by atoms with Crippen LogP contribution in [0.4, 0.5) is 0 Å². The smallest absolute Gasteiger partial charge is 0.277 e. The lowest BCUT2D eigenvalue weighted by Crippen LogP contribution is -2.40. The van der Waals surface area contributed by atoms with Crippen molar-refractivity contribution in [1.82, 2.24) is 15.0 Å². The molecule has 0 spiro atoms. The molecule has 0 bridgehead atoms. The fraction of sp³-hybridized carbons (Fsp3) is 0.545. The number of amides is 2. The van der Waals surface area contributed by atoms with E-state index in [1.807, 2.05) is 6.92 Å². The molecule has 2 N–H and O–H groups in total. The molecule has 92 valence electrons. The molecule has 1 fully saturated rings. The van der Waals surface area contributed by atoms with Crippen molar-refractivity contribution in [2.75, 3.05) is 13.1 Å². The Morgan fingerprint density at radius 2 is 2.18 bits per heavy atom. The van der Waals surface area contributed by atoms with Crippen molar-refractivity contribution in [3.05, 3.63) is 16.6 Å². The van der Waals surface area contributed by atoms with E-state index in [4.69, 9.17) is 0 Å². The number of imide groups is 1. The third-order valence-electron chi connectivity index (χ3n) is 2.81. The van der Waals surface area contributed by atoms with E-state index in [0.717, 1.165) is 30.8 Å². The van der Waals surface area contributed by atoms with Crippen LogP contribution < -0.4 is 10.6 Å². The molecule has 6 heteroatoms. The van der Waals surface area contributed by atoms with Gasteiger partial charge in [-0.05, 0) is 50.5 Å². The first-order valence-electron chi connectivity index (χ1n) is 5.66. The molecule has 1 aliphatic heterocycles.